The number of carboxylic acid groups (broad SMARTS) is 1. The average Bonchev–Trinajstić information content (AvgIpc) is 2.56. The average molecular weight is 322 g/mol. The predicted molar refractivity (Wildman–Crippen MR) is 92.9 cm³/mol. The second-order valence-electron chi connectivity index (χ2n) is 7.03. The van der Waals surface area contributed by atoms with Gasteiger partial charge < -0.3 is 10.4 Å². The molecule has 2 aliphatic rings. The molecule has 1 atom stereocenters. The number of nitrogens with one attached hydrogen (secondary N) is 1. The van der Waals surface area contributed by atoms with E-state index in [9.17, 15) is 4.79 Å². The van der Waals surface area contributed by atoms with Crippen LogP contribution in [0.2, 0.25) is 0 Å². The first-order valence-corrected chi connectivity index (χ1v) is 8.51. The lowest BCUT2D eigenvalue weighted by Crippen LogP contribution is -2.71. The van der Waals surface area contributed by atoms with Crippen molar-refractivity contribution in [1.82, 2.24) is 10.2 Å². The zero-order chi connectivity index (χ0) is 16.6. The second kappa shape index (κ2) is 5.95. The Morgan fingerprint density at radius 1 is 1.04 bits per heavy atom. The zero-order valence-corrected chi connectivity index (χ0v) is 13.6. The molecule has 2 aromatic carbocycles. The molecule has 124 valence electrons. The van der Waals surface area contributed by atoms with Gasteiger partial charge in [-0.2, -0.15) is 0 Å². The van der Waals surface area contributed by atoms with Crippen molar-refractivity contribution >= 4 is 6.09 Å². The molecule has 0 bridgehead atoms. The summed E-state index contributed by atoms with van der Waals surface area (Å²) in [5, 5.41) is 11.7. The van der Waals surface area contributed by atoms with Gasteiger partial charge in [-0.1, -0.05) is 60.7 Å². The van der Waals surface area contributed by atoms with Crippen LogP contribution in [0, 0.1) is 5.41 Å². The summed E-state index contributed by atoms with van der Waals surface area (Å²) < 4.78 is 0. The summed E-state index contributed by atoms with van der Waals surface area (Å²) in [6.07, 6.45) is 1.17. The Kier molecular flexibility index (Phi) is 3.77. The normalized spacial score (nSPS) is 22.0. The zero-order valence-electron chi connectivity index (χ0n) is 13.6. The van der Waals surface area contributed by atoms with Crippen LogP contribution in [0.25, 0.3) is 0 Å². The second-order valence-corrected chi connectivity index (χ2v) is 7.03. The number of likely N-dealkylation sites (tertiary alicyclic amines) is 1. The molecule has 2 aromatic rings. The fraction of sp³-hybridized carbons (Fsp3) is 0.350. The molecule has 2 fully saturated rings. The molecule has 2 N–H and O–H groups in total. The van der Waals surface area contributed by atoms with Gasteiger partial charge in [-0.15, -0.1) is 0 Å². The van der Waals surface area contributed by atoms with Crippen LogP contribution in [-0.4, -0.2) is 35.2 Å². The van der Waals surface area contributed by atoms with Gasteiger partial charge in [0.25, 0.3) is 0 Å². The highest BCUT2D eigenvalue weighted by Crippen LogP contribution is 2.51. The van der Waals surface area contributed by atoms with Gasteiger partial charge in [0.2, 0.25) is 0 Å². The summed E-state index contributed by atoms with van der Waals surface area (Å²) in [4.78, 5) is 13.4. The van der Waals surface area contributed by atoms with Gasteiger partial charge in [0.05, 0.1) is 6.04 Å². The lowest BCUT2D eigenvalue weighted by atomic mass is 9.59. The topological polar surface area (TPSA) is 52.6 Å². The van der Waals surface area contributed by atoms with E-state index in [2.05, 4.69) is 58.7 Å². The Labute approximate surface area is 142 Å². The molecular weight excluding hydrogens is 300 g/mol. The highest BCUT2D eigenvalue weighted by Gasteiger charge is 2.56. The Hall–Kier alpha value is -2.33. The first-order chi connectivity index (χ1) is 11.7. The number of rotatable bonds is 4. The minimum absolute atomic E-state index is 0.110. The minimum Gasteiger partial charge on any atom is -0.465 e. The number of carbonyl (C=O) groups is 1. The van der Waals surface area contributed by atoms with Crippen molar-refractivity contribution in [3.8, 4) is 0 Å². The number of hydrogen-bond acceptors (Lipinski definition) is 2. The fourth-order valence-electron chi connectivity index (χ4n) is 4.28. The van der Waals surface area contributed by atoms with Crippen molar-refractivity contribution in [2.45, 2.75) is 24.9 Å². The summed E-state index contributed by atoms with van der Waals surface area (Å²) in [6, 6.07) is 21.5. The fourth-order valence-corrected chi connectivity index (χ4v) is 4.28. The summed E-state index contributed by atoms with van der Waals surface area (Å²) in [5.41, 5.74) is 2.72. The first kappa shape index (κ1) is 15.2. The molecule has 1 aliphatic heterocycles. The third kappa shape index (κ3) is 2.57. The summed E-state index contributed by atoms with van der Waals surface area (Å²) in [7, 11) is 0. The monoisotopic (exact) mass is 322 g/mol. The lowest BCUT2D eigenvalue weighted by molar-refractivity contribution is -0.101. The van der Waals surface area contributed by atoms with Crippen LogP contribution >= 0.6 is 0 Å². The van der Waals surface area contributed by atoms with Crippen LogP contribution in [0.3, 0.4) is 0 Å². The van der Waals surface area contributed by atoms with Crippen LogP contribution < -0.4 is 5.32 Å². The third-order valence-corrected chi connectivity index (χ3v) is 5.60. The van der Waals surface area contributed by atoms with Gasteiger partial charge in [-0.25, -0.2) is 4.79 Å². The Bertz CT molecular complexity index is 671. The number of hydrogen-bond donors (Lipinski definition) is 2. The molecule has 4 nitrogen and oxygen atoms in total. The Morgan fingerprint density at radius 2 is 1.58 bits per heavy atom. The molecule has 1 aliphatic carbocycles. The molecule has 1 amide bonds. The highest BCUT2D eigenvalue weighted by molar-refractivity contribution is 5.65. The van der Waals surface area contributed by atoms with E-state index < -0.39 is 6.09 Å². The van der Waals surface area contributed by atoms with Gasteiger partial charge in [-0.3, -0.25) is 4.90 Å². The Balaban J connectivity index is 1.55. The van der Waals surface area contributed by atoms with Crippen LogP contribution in [0.15, 0.2) is 60.7 Å². The molecule has 1 spiro atoms. The van der Waals surface area contributed by atoms with E-state index in [1.54, 1.807) is 0 Å². The Morgan fingerprint density at radius 3 is 2.00 bits per heavy atom. The van der Waals surface area contributed by atoms with E-state index >= 15 is 0 Å². The summed E-state index contributed by atoms with van der Waals surface area (Å²) in [5.74, 6) is 0. The first-order valence-electron chi connectivity index (χ1n) is 8.51. The molecule has 1 unspecified atom stereocenters. The van der Waals surface area contributed by atoms with E-state index in [1.165, 1.54) is 11.1 Å². The van der Waals surface area contributed by atoms with Crippen LogP contribution in [-0.2, 0) is 0 Å². The maximum atomic E-state index is 11.0. The summed E-state index contributed by atoms with van der Waals surface area (Å²) in [6.45, 7) is 1.90. The third-order valence-electron chi connectivity index (χ3n) is 5.60. The largest absolute Gasteiger partial charge is 0.465 e. The quantitative estimate of drug-likeness (QED) is 0.906. The van der Waals surface area contributed by atoms with E-state index in [4.69, 9.17) is 5.11 Å². The standard InChI is InChI=1S/C20H22N2O2/c23-19(24)21-17-11-12-20(17)13-22(14-20)18(15-7-3-1-4-8-15)16-9-5-2-6-10-16/h1-10,17-18,21H,11-14H2,(H,23,24). The van der Waals surface area contributed by atoms with E-state index in [-0.39, 0.29) is 17.5 Å². The highest BCUT2D eigenvalue weighted by atomic mass is 16.4. The van der Waals surface area contributed by atoms with Crippen LogP contribution in [0.4, 0.5) is 4.79 Å². The number of amides is 1. The molecule has 0 aromatic heterocycles. The van der Waals surface area contributed by atoms with E-state index in [0.29, 0.717) is 0 Å². The molecular formula is C20H22N2O2. The van der Waals surface area contributed by atoms with Crippen LogP contribution in [0.1, 0.15) is 30.0 Å². The van der Waals surface area contributed by atoms with Crippen molar-refractivity contribution < 1.29 is 9.90 Å². The van der Waals surface area contributed by atoms with Gasteiger partial charge in [-0.05, 0) is 24.0 Å². The van der Waals surface area contributed by atoms with Crippen LogP contribution in [0.5, 0.6) is 0 Å². The van der Waals surface area contributed by atoms with Gasteiger partial charge in [0.1, 0.15) is 0 Å². The molecule has 4 heteroatoms. The minimum atomic E-state index is -0.903. The number of nitrogens with zero attached hydrogens (tertiary/aromatic N) is 1. The maximum absolute atomic E-state index is 11.0. The molecule has 0 radical (unpaired) electrons. The predicted octanol–water partition coefficient (Wildman–Crippen LogP) is 3.51. The SMILES string of the molecule is O=C(O)NC1CCC12CN(C(c1ccccc1)c1ccccc1)C2. The molecule has 1 heterocycles. The van der Waals surface area contributed by atoms with Crippen molar-refractivity contribution in [3.63, 3.8) is 0 Å². The van der Waals surface area contributed by atoms with Gasteiger partial charge >= 0.3 is 6.09 Å². The molecule has 4 rings (SSSR count). The van der Waals surface area contributed by atoms with Crippen molar-refractivity contribution in [1.29, 1.82) is 0 Å². The molecule has 1 saturated heterocycles. The van der Waals surface area contributed by atoms with Gasteiger partial charge in [0.15, 0.2) is 0 Å². The van der Waals surface area contributed by atoms with Crippen molar-refractivity contribution in [2.75, 3.05) is 13.1 Å². The van der Waals surface area contributed by atoms with E-state index in [0.717, 1.165) is 25.9 Å². The smallest absolute Gasteiger partial charge is 0.404 e. The van der Waals surface area contributed by atoms with Crippen molar-refractivity contribution in [3.05, 3.63) is 71.8 Å². The molecule has 24 heavy (non-hydrogen) atoms. The number of benzene rings is 2. The lowest BCUT2D eigenvalue weighted by Gasteiger charge is -2.62. The summed E-state index contributed by atoms with van der Waals surface area (Å²) >= 11 is 0. The van der Waals surface area contributed by atoms with E-state index in [1.807, 2.05) is 12.1 Å². The van der Waals surface area contributed by atoms with Crippen molar-refractivity contribution in [2.24, 2.45) is 5.41 Å². The maximum Gasteiger partial charge on any atom is 0.404 e. The molecule has 1 saturated carbocycles. The van der Waals surface area contributed by atoms with Gasteiger partial charge in [0, 0.05) is 24.5 Å².